The van der Waals surface area contributed by atoms with E-state index in [-0.39, 0.29) is 5.56 Å². The van der Waals surface area contributed by atoms with Gasteiger partial charge >= 0.3 is 0 Å². The van der Waals surface area contributed by atoms with Crippen molar-refractivity contribution in [3.8, 4) is 11.1 Å². The lowest BCUT2D eigenvalue weighted by atomic mass is 10.1. The van der Waals surface area contributed by atoms with Gasteiger partial charge in [-0.05, 0) is 36.2 Å². The number of rotatable bonds is 1. The molecule has 0 amide bonds. The molecule has 0 atom stereocenters. The lowest BCUT2D eigenvalue weighted by Gasteiger charge is -2.07. The van der Waals surface area contributed by atoms with Gasteiger partial charge in [-0.15, -0.1) is 0 Å². The van der Waals surface area contributed by atoms with Gasteiger partial charge in [-0.25, -0.2) is 4.98 Å². The number of benzene rings is 1. The van der Waals surface area contributed by atoms with Crippen LogP contribution in [0, 0.1) is 6.92 Å². The van der Waals surface area contributed by atoms with Gasteiger partial charge in [0.25, 0.3) is 5.56 Å². The van der Waals surface area contributed by atoms with Crippen molar-refractivity contribution >= 4 is 21.6 Å². The molecule has 0 aliphatic heterocycles. The fourth-order valence-electron chi connectivity index (χ4n) is 2.08. The van der Waals surface area contributed by atoms with Crippen LogP contribution in [0.1, 0.15) is 5.69 Å². The molecule has 3 aromatic rings. The predicted octanol–water partition coefficient (Wildman–Crippen LogP) is 3.43. The van der Waals surface area contributed by atoms with E-state index in [1.165, 1.54) is 6.07 Å². The topological polar surface area (TPSA) is 34.4 Å². The summed E-state index contributed by atoms with van der Waals surface area (Å²) < 4.78 is 2.57. The minimum Gasteiger partial charge on any atom is -0.269 e. The third-order valence-corrected chi connectivity index (χ3v) is 3.67. The molecule has 2 aromatic heterocycles. The van der Waals surface area contributed by atoms with Crippen LogP contribution in [0.15, 0.2) is 57.9 Å². The molecule has 4 heteroatoms. The summed E-state index contributed by atoms with van der Waals surface area (Å²) in [6.45, 7) is 1.83. The van der Waals surface area contributed by atoms with E-state index < -0.39 is 0 Å². The molecule has 2 heterocycles. The number of halogens is 1. The summed E-state index contributed by atoms with van der Waals surface area (Å²) in [4.78, 5) is 16.2. The van der Waals surface area contributed by atoms with Crippen LogP contribution in [0.4, 0.5) is 0 Å². The normalized spacial score (nSPS) is 10.8. The Hall–Kier alpha value is -1.94. The summed E-state index contributed by atoms with van der Waals surface area (Å²) in [6.07, 6.45) is 1.76. The molecule has 0 fully saturated rings. The Bertz CT molecular complexity index is 824. The van der Waals surface area contributed by atoms with Crippen LogP contribution in [0.25, 0.3) is 16.8 Å². The minimum atomic E-state index is -0.0545. The fourth-order valence-corrected chi connectivity index (χ4v) is 2.60. The Morgan fingerprint density at radius 1 is 1.16 bits per heavy atom. The van der Waals surface area contributed by atoms with Gasteiger partial charge in [0, 0.05) is 22.4 Å². The zero-order valence-electron chi connectivity index (χ0n) is 10.3. The molecule has 0 saturated heterocycles. The maximum absolute atomic E-state index is 11.8. The highest BCUT2D eigenvalue weighted by molar-refractivity contribution is 9.10. The summed E-state index contributed by atoms with van der Waals surface area (Å²) in [5.74, 6) is 0. The molecular weight excluding hydrogens is 304 g/mol. The van der Waals surface area contributed by atoms with E-state index in [1.54, 1.807) is 10.6 Å². The molecule has 1 aromatic carbocycles. The van der Waals surface area contributed by atoms with Crippen LogP contribution >= 0.6 is 15.9 Å². The maximum Gasteiger partial charge on any atom is 0.258 e. The second-order valence-corrected chi connectivity index (χ2v) is 5.21. The van der Waals surface area contributed by atoms with Crippen molar-refractivity contribution in [2.75, 3.05) is 0 Å². The molecule has 94 valence electrons. The lowest BCUT2D eigenvalue weighted by molar-refractivity contribution is 1.02. The maximum atomic E-state index is 11.8. The zero-order valence-corrected chi connectivity index (χ0v) is 11.9. The molecular formula is C15H11BrN2O. The van der Waals surface area contributed by atoms with Gasteiger partial charge < -0.3 is 0 Å². The SMILES string of the molecule is Cc1cc(=O)n2ccc(-c3ccccc3Br)cc2n1. The van der Waals surface area contributed by atoms with Crippen LogP contribution < -0.4 is 5.56 Å². The lowest BCUT2D eigenvalue weighted by Crippen LogP contribution is -2.14. The molecule has 0 spiro atoms. The first-order valence-electron chi connectivity index (χ1n) is 5.90. The summed E-state index contributed by atoms with van der Waals surface area (Å²) in [7, 11) is 0. The van der Waals surface area contributed by atoms with Crippen molar-refractivity contribution in [1.82, 2.24) is 9.38 Å². The van der Waals surface area contributed by atoms with Gasteiger partial charge in [-0.3, -0.25) is 9.20 Å². The first kappa shape index (κ1) is 12.1. The highest BCUT2D eigenvalue weighted by atomic mass is 79.9. The van der Waals surface area contributed by atoms with E-state index in [9.17, 15) is 4.79 Å². The van der Waals surface area contributed by atoms with E-state index in [2.05, 4.69) is 20.9 Å². The van der Waals surface area contributed by atoms with Crippen molar-refractivity contribution in [2.45, 2.75) is 6.92 Å². The van der Waals surface area contributed by atoms with Crippen LogP contribution in [0.5, 0.6) is 0 Å². The van der Waals surface area contributed by atoms with Crippen LogP contribution in [-0.2, 0) is 0 Å². The van der Waals surface area contributed by atoms with Crippen molar-refractivity contribution < 1.29 is 0 Å². The third-order valence-electron chi connectivity index (χ3n) is 2.98. The molecule has 19 heavy (non-hydrogen) atoms. The number of fused-ring (bicyclic) bond motifs is 1. The van der Waals surface area contributed by atoms with Gasteiger partial charge in [0.15, 0.2) is 0 Å². The zero-order chi connectivity index (χ0) is 13.4. The number of hydrogen-bond donors (Lipinski definition) is 0. The Kier molecular flexibility index (Phi) is 2.95. The number of aryl methyl sites for hydroxylation is 1. The van der Waals surface area contributed by atoms with Crippen LogP contribution in [0.2, 0.25) is 0 Å². The van der Waals surface area contributed by atoms with E-state index in [1.807, 2.05) is 43.3 Å². The minimum absolute atomic E-state index is 0.0545. The molecule has 0 bridgehead atoms. The Morgan fingerprint density at radius 3 is 2.74 bits per heavy atom. The quantitative estimate of drug-likeness (QED) is 0.689. The van der Waals surface area contributed by atoms with Gasteiger partial charge in [0.1, 0.15) is 5.65 Å². The first-order valence-corrected chi connectivity index (χ1v) is 6.69. The molecule has 0 N–H and O–H groups in total. The Morgan fingerprint density at radius 2 is 1.95 bits per heavy atom. The van der Waals surface area contributed by atoms with E-state index in [0.717, 1.165) is 21.3 Å². The molecule has 0 aliphatic rings. The highest BCUT2D eigenvalue weighted by Crippen LogP contribution is 2.27. The highest BCUT2D eigenvalue weighted by Gasteiger charge is 2.05. The number of hydrogen-bond acceptors (Lipinski definition) is 2. The van der Waals surface area contributed by atoms with Crippen LogP contribution in [-0.4, -0.2) is 9.38 Å². The molecule has 3 rings (SSSR count). The molecule has 3 nitrogen and oxygen atoms in total. The van der Waals surface area contributed by atoms with Crippen molar-refractivity contribution in [3.63, 3.8) is 0 Å². The third kappa shape index (κ3) is 2.19. The van der Waals surface area contributed by atoms with Crippen LogP contribution in [0.3, 0.4) is 0 Å². The van der Waals surface area contributed by atoms with Gasteiger partial charge in [0.2, 0.25) is 0 Å². The molecule has 0 radical (unpaired) electrons. The predicted molar refractivity (Wildman–Crippen MR) is 79.3 cm³/mol. The summed E-state index contributed by atoms with van der Waals surface area (Å²) in [6, 6.07) is 13.4. The van der Waals surface area contributed by atoms with Gasteiger partial charge in [0.05, 0.1) is 0 Å². The Balaban J connectivity index is 2.28. The average molecular weight is 315 g/mol. The molecule has 0 unspecified atom stereocenters. The van der Waals surface area contributed by atoms with Gasteiger partial charge in [-0.1, -0.05) is 34.1 Å². The smallest absolute Gasteiger partial charge is 0.258 e. The number of aromatic nitrogens is 2. The van der Waals surface area contributed by atoms with E-state index in [0.29, 0.717) is 5.65 Å². The van der Waals surface area contributed by atoms with E-state index in [4.69, 9.17) is 0 Å². The number of pyridine rings is 1. The van der Waals surface area contributed by atoms with Crippen molar-refractivity contribution in [2.24, 2.45) is 0 Å². The largest absolute Gasteiger partial charge is 0.269 e. The second-order valence-electron chi connectivity index (χ2n) is 4.36. The summed E-state index contributed by atoms with van der Waals surface area (Å²) >= 11 is 3.54. The van der Waals surface area contributed by atoms with Gasteiger partial charge in [-0.2, -0.15) is 0 Å². The van der Waals surface area contributed by atoms with Crippen molar-refractivity contribution in [1.29, 1.82) is 0 Å². The first-order chi connectivity index (χ1) is 9.15. The average Bonchev–Trinajstić information content (AvgIpc) is 2.38. The van der Waals surface area contributed by atoms with Crippen molar-refractivity contribution in [3.05, 3.63) is 69.2 Å². The molecule has 0 saturated carbocycles. The second kappa shape index (κ2) is 4.63. The standard InChI is InChI=1S/C15H11BrN2O/c1-10-8-15(19)18-7-6-11(9-14(18)17-10)12-4-2-3-5-13(12)16/h2-9H,1H3. The summed E-state index contributed by atoms with van der Waals surface area (Å²) in [5, 5.41) is 0. The molecule has 0 aliphatic carbocycles. The fraction of sp³-hybridized carbons (Fsp3) is 0.0667. The van der Waals surface area contributed by atoms with E-state index >= 15 is 0 Å². The number of nitrogens with zero attached hydrogens (tertiary/aromatic N) is 2. The monoisotopic (exact) mass is 314 g/mol. The summed E-state index contributed by atoms with van der Waals surface area (Å²) in [5.41, 5.74) is 3.46. The Labute approximate surface area is 118 Å².